The Morgan fingerprint density at radius 1 is 1.29 bits per heavy atom. The minimum atomic E-state index is 0.143. The van der Waals surface area contributed by atoms with Gasteiger partial charge in [0, 0.05) is 43.1 Å². The van der Waals surface area contributed by atoms with Gasteiger partial charge in [-0.25, -0.2) is 9.97 Å². The Bertz CT molecular complexity index is 593. The summed E-state index contributed by atoms with van der Waals surface area (Å²) >= 11 is 8.87. The maximum Gasteiger partial charge on any atom is 0.229 e. The standard InChI is InChI=1S/C13H15ClN4OS2/c14-8-10-9-21-11(16-10)7-12(19)17-2-4-18(5-3-17)13-15-1-6-20-13/h1,6,9H,2-5,7-8H2. The van der Waals surface area contributed by atoms with Gasteiger partial charge < -0.3 is 9.80 Å². The predicted octanol–water partition coefficient (Wildman–Crippen LogP) is 2.23. The van der Waals surface area contributed by atoms with Crippen molar-refractivity contribution in [2.75, 3.05) is 31.1 Å². The Balaban J connectivity index is 1.53. The average molecular weight is 343 g/mol. The molecule has 0 atom stereocenters. The molecule has 0 N–H and O–H groups in total. The zero-order valence-corrected chi connectivity index (χ0v) is 13.8. The molecule has 0 bridgehead atoms. The van der Waals surface area contributed by atoms with Gasteiger partial charge in [0.1, 0.15) is 5.01 Å². The summed E-state index contributed by atoms with van der Waals surface area (Å²) in [6.07, 6.45) is 2.19. The molecule has 0 spiro atoms. The normalized spacial score (nSPS) is 15.5. The van der Waals surface area contributed by atoms with Crippen LogP contribution in [-0.2, 0) is 17.1 Å². The monoisotopic (exact) mass is 342 g/mol. The van der Waals surface area contributed by atoms with Crippen LogP contribution in [0.5, 0.6) is 0 Å². The zero-order valence-electron chi connectivity index (χ0n) is 11.4. The van der Waals surface area contributed by atoms with Crippen LogP contribution in [0.2, 0.25) is 0 Å². The largest absolute Gasteiger partial charge is 0.345 e. The molecule has 3 heterocycles. The Morgan fingerprint density at radius 2 is 2.10 bits per heavy atom. The molecule has 0 aromatic carbocycles. The number of thiazole rings is 2. The number of carbonyl (C=O) groups excluding carboxylic acids is 1. The van der Waals surface area contributed by atoms with Gasteiger partial charge in [-0.05, 0) is 0 Å². The second-order valence-electron chi connectivity index (χ2n) is 4.73. The molecule has 2 aromatic rings. The van der Waals surface area contributed by atoms with Gasteiger partial charge in [0.2, 0.25) is 5.91 Å². The van der Waals surface area contributed by atoms with E-state index in [0.29, 0.717) is 12.3 Å². The molecule has 1 saturated heterocycles. The van der Waals surface area contributed by atoms with E-state index in [4.69, 9.17) is 11.6 Å². The first-order valence-corrected chi connectivity index (χ1v) is 8.97. The molecule has 0 radical (unpaired) electrons. The van der Waals surface area contributed by atoms with Crippen LogP contribution in [0.15, 0.2) is 17.0 Å². The van der Waals surface area contributed by atoms with E-state index in [2.05, 4.69) is 14.9 Å². The van der Waals surface area contributed by atoms with Crippen molar-refractivity contribution in [3.8, 4) is 0 Å². The summed E-state index contributed by atoms with van der Waals surface area (Å²) in [7, 11) is 0. The second kappa shape index (κ2) is 6.72. The summed E-state index contributed by atoms with van der Waals surface area (Å²) < 4.78 is 0. The first-order valence-electron chi connectivity index (χ1n) is 6.67. The van der Waals surface area contributed by atoms with Gasteiger partial charge in [0.25, 0.3) is 0 Å². The van der Waals surface area contributed by atoms with Gasteiger partial charge in [-0.15, -0.1) is 34.3 Å². The fraction of sp³-hybridized carbons (Fsp3) is 0.462. The highest BCUT2D eigenvalue weighted by molar-refractivity contribution is 7.13. The van der Waals surface area contributed by atoms with Crippen LogP contribution in [0, 0.1) is 0 Å². The highest BCUT2D eigenvalue weighted by atomic mass is 35.5. The molecule has 3 rings (SSSR count). The second-order valence-corrected chi connectivity index (χ2v) is 6.81. The topological polar surface area (TPSA) is 49.3 Å². The average Bonchev–Trinajstić information content (AvgIpc) is 3.19. The summed E-state index contributed by atoms with van der Waals surface area (Å²) in [6.45, 7) is 3.16. The van der Waals surface area contributed by atoms with Gasteiger partial charge in [0.15, 0.2) is 5.13 Å². The summed E-state index contributed by atoms with van der Waals surface area (Å²) in [5, 5.41) is 5.77. The molecule has 0 aliphatic carbocycles. The van der Waals surface area contributed by atoms with Crippen molar-refractivity contribution in [3.05, 3.63) is 27.7 Å². The summed E-state index contributed by atoms with van der Waals surface area (Å²) in [5.41, 5.74) is 0.845. The number of halogens is 1. The van der Waals surface area contributed by atoms with Gasteiger partial charge >= 0.3 is 0 Å². The lowest BCUT2D eigenvalue weighted by molar-refractivity contribution is -0.130. The van der Waals surface area contributed by atoms with Gasteiger partial charge in [-0.1, -0.05) is 0 Å². The summed E-state index contributed by atoms with van der Waals surface area (Å²) in [4.78, 5) is 25.1. The number of hydrogen-bond acceptors (Lipinski definition) is 6. The predicted molar refractivity (Wildman–Crippen MR) is 86.3 cm³/mol. The highest BCUT2D eigenvalue weighted by Gasteiger charge is 2.23. The minimum absolute atomic E-state index is 0.143. The van der Waals surface area contributed by atoms with Crippen molar-refractivity contribution in [3.63, 3.8) is 0 Å². The minimum Gasteiger partial charge on any atom is -0.345 e. The third-order valence-electron chi connectivity index (χ3n) is 3.36. The number of aromatic nitrogens is 2. The molecule has 0 unspecified atom stereocenters. The van der Waals surface area contributed by atoms with Crippen LogP contribution in [0.25, 0.3) is 0 Å². The van der Waals surface area contributed by atoms with E-state index < -0.39 is 0 Å². The van der Waals surface area contributed by atoms with E-state index in [-0.39, 0.29) is 5.91 Å². The number of anilines is 1. The van der Waals surface area contributed by atoms with Crippen molar-refractivity contribution in [1.82, 2.24) is 14.9 Å². The maximum absolute atomic E-state index is 12.3. The molecule has 1 fully saturated rings. The molecule has 5 nitrogen and oxygen atoms in total. The summed E-state index contributed by atoms with van der Waals surface area (Å²) in [5.74, 6) is 0.543. The maximum atomic E-state index is 12.3. The molecular formula is C13H15ClN4OS2. The molecule has 112 valence electrons. The van der Waals surface area contributed by atoms with Crippen LogP contribution >= 0.6 is 34.3 Å². The number of nitrogens with zero attached hydrogens (tertiary/aromatic N) is 4. The number of rotatable bonds is 4. The van der Waals surface area contributed by atoms with Crippen molar-refractivity contribution >= 4 is 45.3 Å². The Labute approximate surface area is 136 Å². The lowest BCUT2D eigenvalue weighted by atomic mass is 10.3. The molecule has 1 aliphatic heterocycles. The van der Waals surface area contributed by atoms with E-state index in [0.717, 1.165) is 42.0 Å². The molecule has 1 aliphatic rings. The molecular weight excluding hydrogens is 328 g/mol. The Kier molecular flexibility index (Phi) is 4.72. The molecule has 2 aromatic heterocycles. The number of alkyl halides is 1. The summed E-state index contributed by atoms with van der Waals surface area (Å²) in [6, 6.07) is 0. The van der Waals surface area contributed by atoms with Crippen LogP contribution in [0.4, 0.5) is 5.13 Å². The van der Waals surface area contributed by atoms with Crippen molar-refractivity contribution in [1.29, 1.82) is 0 Å². The Morgan fingerprint density at radius 3 is 2.71 bits per heavy atom. The van der Waals surface area contributed by atoms with Gasteiger partial charge in [-0.2, -0.15) is 0 Å². The van der Waals surface area contributed by atoms with Crippen LogP contribution in [-0.4, -0.2) is 47.0 Å². The first kappa shape index (κ1) is 14.7. The fourth-order valence-corrected chi connectivity index (χ4v) is 3.96. The number of amides is 1. The van der Waals surface area contributed by atoms with Gasteiger partial charge in [0.05, 0.1) is 18.0 Å². The van der Waals surface area contributed by atoms with Crippen LogP contribution < -0.4 is 4.90 Å². The number of hydrogen-bond donors (Lipinski definition) is 0. The van der Waals surface area contributed by atoms with Gasteiger partial charge in [-0.3, -0.25) is 4.79 Å². The lowest BCUT2D eigenvalue weighted by Crippen LogP contribution is -2.49. The van der Waals surface area contributed by atoms with E-state index >= 15 is 0 Å². The van der Waals surface area contributed by atoms with E-state index in [1.807, 2.05) is 21.9 Å². The molecule has 1 amide bonds. The first-order chi connectivity index (χ1) is 10.3. The molecule has 8 heteroatoms. The van der Waals surface area contributed by atoms with E-state index in [9.17, 15) is 4.79 Å². The third kappa shape index (κ3) is 3.53. The zero-order chi connectivity index (χ0) is 14.7. The van der Waals surface area contributed by atoms with Crippen molar-refractivity contribution in [2.45, 2.75) is 12.3 Å². The smallest absolute Gasteiger partial charge is 0.229 e. The SMILES string of the molecule is O=C(Cc1nc(CCl)cs1)N1CCN(c2nccs2)CC1. The third-order valence-corrected chi connectivity index (χ3v) is 5.36. The number of carbonyl (C=O) groups is 1. The van der Waals surface area contributed by atoms with Crippen molar-refractivity contribution < 1.29 is 4.79 Å². The molecule has 0 saturated carbocycles. The lowest BCUT2D eigenvalue weighted by Gasteiger charge is -2.34. The van der Waals surface area contributed by atoms with Crippen LogP contribution in [0.1, 0.15) is 10.7 Å². The quantitative estimate of drug-likeness (QED) is 0.799. The number of piperazine rings is 1. The molecule has 21 heavy (non-hydrogen) atoms. The van der Waals surface area contributed by atoms with Crippen LogP contribution in [0.3, 0.4) is 0 Å². The van der Waals surface area contributed by atoms with E-state index in [1.165, 1.54) is 11.3 Å². The van der Waals surface area contributed by atoms with Crippen molar-refractivity contribution in [2.24, 2.45) is 0 Å². The fourth-order valence-electron chi connectivity index (χ4n) is 2.25. The highest BCUT2D eigenvalue weighted by Crippen LogP contribution is 2.19. The Hall–Kier alpha value is -1.18. The van der Waals surface area contributed by atoms with E-state index in [1.54, 1.807) is 11.3 Å².